The van der Waals surface area contributed by atoms with Crippen LogP contribution in [-0.2, 0) is 0 Å². The van der Waals surface area contributed by atoms with Crippen molar-refractivity contribution in [2.45, 2.75) is 5.92 Å². The number of fused-ring (bicyclic) bond motifs is 1. The Bertz CT molecular complexity index is 700. The minimum Gasteiger partial charge on any atom is -0.497 e. The highest BCUT2D eigenvalue weighted by Crippen LogP contribution is 2.30. The quantitative estimate of drug-likeness (QED) is 0.761. The van der Waals surface area contributed by atoms with Crippen molar-refractivity contribution in [2.24, 2.45) is 5.73 Å². The average molecular weight is 266 g/mol. The van der Waals surface area contributed by atoms with Crippen molar-refractivity contribution in [2.75, 3.05) is 13.7 Å². The molecule has 3 N–H and O–H groups in total. The number of nitrogens with one attached hydrogen (secondary N) is 1. The number of hydrogen-bond acceptors (Lipinski definition) is 2. The SMILES string of the molecule is COc1ccc([C@H](CN)c2c[nH]c3ccccc23)cc1. The molecule has 0 radical (unpaired) electrons. The molecule has 2 aromatic carbocycles. The first-order valence-corrected chi connectivity index (χ1v) is 6.73. The molecule has 3 rings (SSSR count). The van der Waals surface area contributed by atoms with Crippen LogP contribution in [0, 0.1) is 0 Å². The van der Waals surface area contributed by atoms with Gasteiger partial charge >= 0.3 is 0 Å². The fourth-order valence-corrected chi connectivity index (χ4v) is 2.66. The molecule has 1 atom stereocenters. The minimum absolute atomic E-state index is 0.192. The normalized spacial score (nSPS) is 12.5. The Hall–Kier alpha value is -2.26. The van der Waals surface area contributed by atoms with Crippen LogP contribution in [0.1, 0.15) is 17.0 Å². The molecule has 3 heteroatoms. The van der Waals surface area contributed by atoms with Gasteiger partial charge in [0.15, 0.2) is 0 Å². The van der Waals surface area contributed by atoms with E-state index in [1.807, 2.05) is 18.2 Å². The lowest BCUT2D eigenvalue weighted by atomic mass is 9.91. The van der Waals surface area contributed by atoms with Gasteiger partial charge in [-0.2, -0.15) is 0 Å². The molecule has 3 nitrogen and oxygen atoms in total. The zero-order valence-electron chi connectivity index (χ0n) is 11.5. The number of para-hydroxylation sites is 1. The van der Waals surface area contributed by atoms with Gasteiger partial charge in [-0.1, -0.05) is 30.3 Å². The predicted molar refractivity (Wildman–Crippen MR) is 82.2 cm³/mol. The molecule has 0 aliphatic heterocycles. The number of ether oxygens (including phenoxy) is 1. The molecule has 1 heterocycles. The highest BCUT2D eigenvalue weighted by Gasteiger charge is 2.16. The van der Waals surface area contributed by atoms with E-state index in [4.69, 9.17) is 10.5 Å². The summed E-state index contributed by atoms with van der Waals surface area (Å²) in [7, 11) is 1.68. The molecule has 0 unspecified atom stereocenters. The van der Waals surface area contributed by atoms with Gasteiger partial charge in [-0.15, -0.1) is 0 Å². The van der Waals surface area contributed by atoms with Gasteiger partial charge in [0.1, 0.15) is 5.75 Å². The number of hydrogen-bond donors (Lipinski definition) is 2. The fourth-order valence-electron chi connectivity index (χ4n) is 2.66. The number of aromatic amines is 1. The molecule has 1 aromatic heterocycles. The zero-order valence-corrected chi connectivity index (χ0v) is 11.5. The van der Waals surface area contributed by atoms with Crippen molar-refractivity contribution >= 4 is 10.9 Å². The molecule has 3 aromatic rings. The summed E-state index contributed by atoms with van der Waals surface area (Å²) in [4.78, 5) is 3.32. The molecule has 0 saturated heterocycles. The summed E-state index contributed by atoms with van der Waals surface area (Å²) >= 11 is 0. The molecular formula is C17H18N2O. The third-order valence-corrected chi connectivity index (χ3v) is 3.75. The first kappa shape index (κ1) is 12.8. The lowest BCUT2D eigenvalue weighted by Gasteiger charge is -2.15. The average Bonchev–Trinajstić information content (AvgIpc) is 2.93. The van der Waals surface area contributed by atoms with Crippen LogP contribution in [0.15, 0.2) is 54.7 Å². The lowest BCUT2D eigenvalue weighted by molar-refractivity contribution is 0.414. The van der Waals surface area contributed by atoms with Crippen LogP contribution in [0.25, 0.3) is 10.9 Å². The second-order valence-corrected chi connectivity index (χ2v) is 4.85. The summed E-state index contributed by atoms with van der Waals surface area (Å²) in [5, 5.41) is 1.23. The number of rotatable bonds is 4. The molecule has 0 aliphatic carbocycles. The van der Waals surface area contributed by atoms with Crippen LogP contribution in [0.3, 0.4) is 0 Å². The van der Waals surface area contributed by atoms with Gasteiger partial charge in [0.25, 0.3) is 0 Å². The summed E-state index contributed by atoms with van der Waals surface area (Å²) in [5.74, 6) is 1.06. The molecule has 102 valence electrons. The second kappa shape index (κ2) is 5.39. The van der Waals surface area contributed by atoms with Gasteiger partial charge in [-0.05, 0) is 29.3 Å². The van der Waals surface area contributed by atoms with Crippen molar-refractivity contribution in [3.05, 3.63) is 65.9 Å². The van der Waals surface area contributed by atoms with Crippen LogP contribution in [0.4, 0.5) is 0 Å². The van der Waals surface area contributed by atoms with Gasteiger partial charge < -0.3 is 15.5 Å². The Kier molecular flexibility index (Phi) is 3.44. The highest BCUT2D eigenvalue weighted by molar-refractivity contribution is 5.84. The van der Waals surface area contributed by atoms with Crippen molar-refractivity contribution in [1.82, 2.24) is 4.98 Å². The summed E-state index contributed by atoms with van der Waals surface area (Å²) < 4.78 is 5.21. The maximum absolute atomic E-state index is 6.01. The molecule has 0 aliphatic rings. The lowest BCUT2D eigenvalue weighted by Crippen LogP contribution is -2.13. The number of nitrogens with two attached hydrogens (primary N) is 1. The van der Waals surface area contributed by atoms with Gasteiger partial charge in [-0.25, -0.2) is 0 Å². The van der Waals surface area contributed by atoms with E-state index in [1.54, 1.807) is 7.11 Å². The minimum atomic E-state index is 0.192. The first-order chi connectivity index (χ1) is 9.83. The topological polar surface area (TPSA) is 51.0 Å². The summed E-state index contributed by atoms with van der Waals surface area (Å²) in [6, 6.07) is 16.4. The third kappa shape index (κ3) is 2.17. The molecule has 0 amide bonds. The Morgan fingerprint density at radius 1 is 1.10 bits per heavy atom. The van der Waals surface area contributed by atoms with E-state index in [1.165, 1.54) is 16.5 Å². The van der Waals surface area contributed by atoms with Crippen molar-refractivity contribution in [1.29, 1.82) is 0 Å². The van der Waals surface area contributed by atoms with E-state index >= 15 is 0 Å². The third-order valence-electron chi connectivity index (χ3n) is 3.75. The van der Waals surface area contributed by atoms with E-state index in [0.717, 1.165) is 11.3 Å². The van der Waals surface area contributed by atoms with E-state index in [2.05, 4.69) is 41.5 Å². The molecule has 0 fully saturated rings. The Morgan fingerprint density at radius 3 is 2.55 bits per heavy atom. The smallest absolute Gasteiger partial charge is 0.118 e. The number of methoxy groups -OCH3 is 1. The van der Waals surface area contributed by atoms with Crippen molar-refractivity contribution in [3.8, 4) is 5.75 Å². The van der Waals surface area contributed by atoms with E-state index in [0.29, 0.717) is 6.54 Å². The fraction of sp³-hybridized carbons (Fsp3) is 0.176. The van der Waals surface area contributed by atoms with Crippen molar-refractivity contribution < 1.29 is 4.74 Å². The number of aromatic nitrogens is 1. The number of benzene rings is 2. The second-order valence-electron chi connectivity index (χ2n) is 4.85. The van der Waals surface area contributed by atoms with Gasteiger partial charge in [-0.3, -0.25) is 0 Å². The Labute approximate surface area is 118 Å². The predicted octanol–water partition coefficient (Wildman–Crippen LogP) is 3.27. The Morgan fingerprint density at radius 2 is 1.85 bits per heavy atom. The van der Waals surface area contributed by atoms with E-state index in [-0.39, 0.29) is 5.92 Å². The Balaban J connectivity index is 2.04. The van der Waals surface area contributed by atoms with Gasteiger partial charge in [0, 0.05) is 29.6 Å². The zero-order chi connectivity index (χ0) is 13.9. The maximum atomic E-state index is 6.01. The summed E-state index contributed by atoms with van der Waals surface area (Å²) in [5.41, 5.74) is 9.61. The van der Waals surface area contributed by atoms with Crippen LogP contribution < -0.4 is 10.5 Å². The van der Waals surface area contributed by atoms with Crippen LogP contribution in [-0.4, -0.2) is 18.6 Å². The summed E-state index contributed by atoms with van der Waals surface area (Å²) in [6.45, 7) is 0.578. The monoisotopic (exact) mass is 266 g/mol. The standard InChI is InChI=1S/C17H18N2O/c1-20-13-8-6-12(7-9-13)15(10-18)16-11-19-17-5-3-2-4-14(16)17/h2-9,11,15,19H,10,18H2,1H3/t15-/m0/s1. The van der Waals surface area contributed by atoms with Gasteiger partial charge in [0.2, 0.25) is 0 Å². The van der Waals surface area contributed by atoms with Crippen LogP contribution >= 0.6 is 0 Å². The largest absolute Gasteiger partial charge is 0.497 e. The maximum Gasteiger partial charge on any atom is 0.118 e. The molecule has 20 heavy (non-hydrogen) atoms. The summed E-state index contributed by atoms with van der Waals surface area (Å²) in [6.07, 6.45) is 2.06. The van der Waals surface area contributed by atoms with E-state index < -0.39 is 0 Å². The molecular weight excluding hydrogens is 248 g/mol. The van der Waals surface area contributed by atoms with E-state index in [9.17, 15) is 0 Å². The molecule has 0 spiro atoms. The molecule has 0 bridgehead atoms. The van der Waals surface area contributed by atoms with Crippen LogP contribution in [0.5, 0.6) is 5.75 Å². The van der Waals surface area contributed by atoms with Crippen molar-refractivity contribution in [3.63, 3.8) is 0 Å². The van der Waals surface area contributed by atoms with Gasteiger partial charge in [0.05, 0.1) is 7.11 Å². The molecule has 0 saturated carbocycles. The number of H-pyrrole nitrogens is 1. The highest BCUT2D eigenvalue weighted by atomic mass is 16.5. The van der Waals surface area contributed by atoms with Crippen LogP contribution in [0.2, 0.25) is 0 Å². The first-order valence-electron chi connectivity index (χ1n) is 6.73.